The molecule has 0 amide bonds. The maximum atomic E-state index is 11.6. The monoisotopic (exact) mass is 296 g/mol. The summed E-state index contributed by atoms with van der Waals surface area (Å²) in [5.74, 6) is 0.509. The average molecular weight is 297 g/mol. The van der Waals surface area contributed by atoms with Gasteiger partial charge in [-0.15, -0.1) is 0 Å². The largest absolute Gasteiger partial charge is 0.489 e. The fourth-order valence-corrected chi connectivity index (χ4v) is 3.28. The lowest BCUT2D eigenvalue weighted by Crippen LogP contribution is -2.22. The Morgan fingerprint density at radius 3 is 2.70 bits per heavy atom. The van der Waals surface area contributed by atoms with Gasteiger partial charge in [-0.05, 0) is 24.8 Å². The molecule has 0 unspecified atom stereocenters. The van der Waals surface area contributed by atoms with E-state index >= 15 is 0 Å². The van der Waals surface area contributed by atoms with Gasteiger partial charge in [0.25, 0.3) is 0 Å². The van der Waals surface area contributed by atoms with Crippen LogP contribution >= 0.6 is 11.6 Å². The van der Waals surface area contributed by atoms with E-state index in [4.69, 9.17) is 21.1 Å². The predicted octanol–water partition coefficient (Wildman–Crippen LogP) is 3.18. The Hall–Kier alpha value is -1.42. The van der Waals surface area contributed by atoms with E-state index in [1.165, 1.54) is 0 Å². The van der Waals surface area contributed by atoms with Crippen LogP contribution in [-0.2, 0) is 16.6 Å². The van der Waals surface area contributed by atoms with Crippen LogP contribution in [0, 0.1) is 0 Å². The minimum absolute atomic E-state index is 0.478. The third kappa shape index (κ3) is 1.94. The molecule has 1 aromatic carbocycles. The van der Waals surface area contributed by atoms with Crippen LogP contribution in [0.25, 0.3) is 0 Å². The van der Waals surface area contributed by atoms with Gasteiger partial charge in [0.2, 0.25) is 0 Å². The topological polar surface area (TPSA) is 55.8 Å². The van der Waals surface area contributed by atoms with Crippen molar-refractivity contribution in [1.82, 2.24) is 0 Å². The molecule has 1 aliphatic heterocycles. The van der Waals surface area contributed by atoms with Crippen LogP contribution in [0.4, 0.5) is 0 Å². The van der Waals surface area contributed by atoms with Gasteiger partial charge in [0.15, 0.2) is 11.5 Å². The maximum absolute atomic E-state index is 11.6. The Morgan fingerprint density at radius 2 is 2.10 bits per heavy atom. The van der Waals surface area contributed by atoms with Gasteiger partial charge in [0, 0.05) is 23.1 Å². The number of rotatable bonds is 3. The summed E-state index contributed by atoms with van der Waals surface area (Å²) in [4.78, 5) is 11.6. The Bertz CT molecular complexity index is 563. The highest BCUT2D eigenvalue weighted by Gasteiger charge is 2.54. The molecule has 0 spiro atoms. The van der Waals surface area contributed by atoms with E-state index in [0.29, 0.717) is 49.0 Å². The molecule has 1 N–H and O–H groups in total. The van der Waals surface area contributed by atoms with Gasteiger partial charge >= 0.3 is 5.97 Å². The SMILES string of the molecule is CCc1c2c(cc(Cl)c1C1(C(=O)O)CC1)OCCCO2. The zero-order valence-corrected chi connectivity index (χ0v) is 12.1. The molecule has 2 aliphatic rings. The van der Waals surface area contributed by atoms with Gasteiger partial charge in [-0.3, -0.25) is 4.79 Å². The first-order valence-electron chi connectivity index (χ1n) is 6.95. The molecule has 20 heavy (non-hydrogen) atoms. The van der Waals surface area contributed by atoms with Crippen molar-refractivity contribution in [3.63, 3.8) is 0 Å². The van der Waals surface area contributed by atoms with Crippen molar-refractivity contribution in [1.29, 1.82) is 0 Å². The molecule has 108 valence electrons. The molecule has 0 atom stereocenters. The first kappa shape index (κ1) is 13.6. The van der Waals surface area contributed by atoms with Crippen LogP contribution in [0.3, 0.4) is 0 Å². The molecule has 1 fully saturated rings. The summed E-state index contributed by atoms with van der Waals surface area (Å²) in [5.41, 5.74) is 0.778. The van der Waals surface area contributed by atoms with Crippen molar-refractivity contribution in [3.05, 3.63) is 22.2 Å². The number of carboxylic acids is 1. The summed E-state index contributed by atoms with van der Waals surface area (Å²) in [6.45, 7) is 3.17. The summed E-state index contributed by atoms with van der Waals surface area (Å²) in [6.07, 6.45) is 2.76. The van der Waals surface area contributed by atoms with Crippen molar-refractivity contribution in [2.24, 2.45) is 0 Å². The molecule has 0 saturated heterocycles. The summed E-state index contributed by atoms with van der Waals surface area (Å²) >= 11 is 6.37. The van der Waals surface area contributed by atoms with Crippen molar-refractivity contribution >= 4 is 17.6 Å². The predicted molar refractivity (Wildman–Crippen MR) is 75.0 cm³/mol. The molecule has 3 rings (SSSR count). The number of carboxylic acid groups (broad SMARTS) is 1. The van der Waals surface area contributed by atoms with Gasteiger partial charge < -0.3 is 14.6 Å². The molecule has 1 heterocycles. The van der Waals surface area contributed by atoms with Crippen molar-refractivity contribution < 1.29 is 19.4 Å². The van der Waals surface area contributed by atoms with Crippen LogP contribution in [0.2, 0.25) is 5.02 Å². The fourth-order valence-electron chi connectivity index (χ4n) is 2.89. The van der Waals surface area contributed by atoms with E-state index in [1.54, 1.807) is 6.07 Å². The number of benzene rings is 1. The third-order valence-corrected chi connectivity index (χ3v) is 4.38. The van der Waals surface area contributed by atoms with Gasteiger partial charge in [-0.2, -0.15) is 0 Å². The lowest BCUT2D eigenvalue weighted by atomic mass is 9.89. The zero-order chi connectivity index (χ0) is 14.3. The molecule has 0 bridgehead atoms. The van der Waals surface area contributed by atoms with Crippen LogP contribution in [0.5, 0.6) is 11.5 Å². The number of fused-ring (bicyclic) bond motifs is 1. The quantitative estimate of drug-likeness (QED) is 0.931. The van der Waals surface area contributed by atoms with Crippen LogP contribution in [0.15, 0.2) is 6.07 Å². The lowest BCUT2D eigenvalue weighted by Gasteiger charge is -2.21. The molecule has 1 saturated carbocycles. The molecular weight excluding hydrogens is 280 g/mol. The van der Waals surface area contributed by atoms with E-state index in [-0.39, 0.29) is 0 Å². The molecule has 0 aromatic heterocycles. The van der Waals surface area contributed by atoms with E-state index in [1.807, 2.05) is 6.92 Å². The molecular formula is C15H17ClO4. The second-order valence-electron chi connectivity index (χ2n) is 5.33. The highest BCUT2D eigenvalue weighted by Crippen LogP contribution is 2.55. The number of hydrogen-bond donors (Lipinski definition) is 1. The van der Waals surface area contributed by atoms with Crippen molar-refractivity contribution in [3.8, 4) is 11.5 Å². The normalized spacial score (nSPS) is 19.3. The molecule has 4 nitrogen and oxygen atoms in total. The van der Waals surface area contributed by atoms with Crippen molar-refractivity contribution in [2.75, 3.05) is 13.2 Å². The van der Waals surface area contributed by atoms with Gasteiger partial charge in [0.05, 0.1) is 18.6 Å². The fraction of sp³-hybridized carbons (Fsp3) is 0.533. The molecule has 5 heteroatoms. The van der Waals surface area contributed by atoms with Crippen LogP contribution in [-0.4, -0.2) is 24.3 Å². The second-order valence-corrected chi connectivity index (χ2v) is 5.74. The second kappa shape index (κ2) is 4.85. The summed E-state index contributed by atoms with van der Waals surface area (Å²) in [6, 6.07) is 1.71. The smallest absolute Gasteiger partial charge is 0.314 e. The minimum Gasteiger partial charge on any atom is -0.489 e. The van der Waals surface area contributed by atoms with Crippen LogP contribution < -0.4 is 9.47 Å². The number of hydrogen-bond acceptors (Lipinski definition) is 3. The highest BCUT2D eigenvalue weighted by atomic mass is 35.5. The molecule has 1 aliphatic carbocycles. The highest BCUT2D eigenvalue weighted by molar-refractivity contribution is 6.32. The minimum atomic E-state index is -0.826. The molecule has 0 radical (unpaired) electrons. The standard InChI is InChI=1S/C15H17ClO4/c1-2-9-12(15(4-5-15)14(17)18)10(16)8-11-13(9)20-7-3-6-19-11/h8H,2-7H2,1H3,(H,17,18). The first-order valence-corrected chi connectivity index (χ1v) is 7.33. The van der Waals surface area contributed by atoms with E-state index in [9.17, 15) is 9.90 Å². The Labute approximate surface area is 122 Å². The lowest BCUT2D eigenvalue weighted by molar-refractivity contribution is -0.140. The Balaban J connectivity index is 2.20. The Morgan fingerprint density at radius 1 is 1.40 bits per heavy atom. The summed E-state index contributed by atoms with van der Waals surface area (Å²) in [7, 11) is 0. The average Bonchev–Trinajstić information content (AvgIpc) is 3.21. The van der Waals surface area contributed by atoms with E-state index < -0.39 is 11.4 Å². The number of aliphatic carboxylic acids is 1. The summed E-state index contributed by atoms with van der Waals surface area (Å²) in [5, 5.41) is 10.0. The number of ether oxygens (including phenoxy) is 2. The van der Waals surface area contributed by atoms with E-state index in [2.05, 4.69) is 0 Å². The Kier molecular flexibility index (Phi) is 3.28. The summed E-state index contributed by atoms with van der Waals surface area (Å²) < 4.78 is 11.5. The first-order chi connectivity index (χ1) is 9.60. The van der Waals surface area contributed by atoms with Gasteiger partial charge in [-0.1, -0.05) is 18.5 Å². The van der Waals surface area contributed by atoms with Crippen molar-refractivity contribution in [2.45, 2.75) is 38.0 Å². The number of carbonyl (C=O) groups is 1. The third-order valence-electron chi connectivity index (χ3n) is 4.08. The number of halogens is 1. The van der Waals surface area contributed by atoms with E-state index in [0.717, 1.165) is 17.5 Å². The molecule has 1 aromatic rings. The maximum Gasteiger partial charge on any atom is 0.314 e. The zero-order valence-electron chi connectivity index (χ0n) is 11.4. The van der Waals surface area contributed by atoms with Gasteiger partial charge in [-0.25, -0.2) is 0 Å². The van der Waals surface area contributed by atoms with Gasteiger partial charge in [0.1, 0.15) is 0 Å². The van der Waals surface area contributed by atoms with Crippen LogP contribution in [0.1, 0.15) is 37.3 Å².